The highest BCUT2D eigenvalue weighted by Gasteiger charge is 2.28. The number of rotatable bonds is 0. The van der Waals surface area contributed by atoms with Gasteiger partial charge in [-0.15, -0.1) is 0 Å². The summed E-state index contributed by atoms with van der Waals surface area (Å²) in [7, 11) is 0. The van der Waals surface area contributed by atoms with Gasteiger partial charge in [0, 0.05) is 16.2 Å². The van der Waals surface area contributed by atoms with Crippen molar-refractivity contribution >= 4 is 21.8 Å². The first-order valence-corrected chi connectivity index (χ1v) is 7.88. The highest BCUT2D eigenvalue weighted by Crippen LogP contribution is 2.34. The van der Waals surface area contributed by atoms with Gasteiger partial charge in [0.05, 0.1) is 22.4 Å². The third-order valence-electron chi connectivity index (χ3n) is 3.98. The Morgan fingerprint density at radius 2 is 1.27 bits per heavy atom. The minimum absolute atomic E-state index is 0.0184. The molecule has 0 bridgehead atoms. The Bertz CT molecular complexity index is 849. The molecule has 3 aromatic rings. The van der Waals surface area contributed by atoms with Crippen molar-refractivity contribution in [1.29, 1.82) is 0 Å². The van der Waals surface area contributed by atoms with Gasteiger partial charge in [-0.1, -0.05) is 71.9 Å². The fourth-order valence-electron chi connectivity index (χ4n) is 2.84. The van der Waals surface area contributed by atoms with Crippen molar-refractivity contribution in [1.82, 2.24) is 9.97 Å². The predicted molar refractivity (Wildman–Crippen MR) is 94.4 cm³/mol. The minimum Gasteiger partial charge on any atom is -0.249 e. The van der Waals surface area contributed by atoms with E-state index in [9.17, 15) is 0 Å². The fraction of sp³-hybridized carbons (Fsp3) is 0.400. The minimum atomic E-state index is -0.0270. The van der Waals surface area contributed by atoms with E-state index in [1.54, 1.807) is 0 Å². The molecular formula is C20H24N2. The number of fused-ring (bicyclic) bond motifs is 3. The summed E-state index contributed by atoms with van der Waals surface area (Å²) in [6.45, 7) is 13.3. The lowest BCUT2D eigenvalue weighted by atomic mass is 9.81. The Labute approximate surface area is 132 Å². The lowest BCUT2D eigenvalue weighted by Gasteiger charge is -2.28. The van der Waals surface area contributed by atoms with Gasteiger partial charge in [-0.2, -0.15) is 0 Å². The van der Waals surface area contributed by atoms with Crippen molar-refractivity contribution in [2.45, 2.75) is 52.4 Å². The van der Waals surface area contributed by atoms with Gasteiger partial charge < -0.3 is 0 Å². The van der Waals surface area contributed by atoms with Crippen LogP contribution in [-0.4, -0.2) is 9.97 Å². The molecule has 114 valence electrons. The molecule has 0 radical (unpaired) electrons. The van der Waals surface area contributed by atoms with Crippen LogP contribution in [0.15, 0.2) is 36.4 Å². The summed E-state index contributed by atoms with van der Waals surface area (Å²) in [5, 5.41) is 2.39. The Balaban J connectivity index is 2.46. The van der Waals surface area contributed by atoms with Gasteiger partial charge in [0.25, 0.3) is 0 Å². The molecule has 0 amide bonds. The Morgan fingerprint density at radius 3 is 1.91 bits per heavy atom. The molecule has 0 aliphatic rings. The smallest absolute Gasteiger partial charge is 0.0968 e. The van der Waals surface area contributed by atoms with E-state index in [1.807, 2.05) is 0 Å². The highest BCUT2D eigenvalue weighted by molar-refractivity contribution is 6.03. The van der Waals surface area contributed by atoms with E-state index in [-0.39, 0.29) is 10.8 Å². The molecule has 0 spiro atoms. The molecule has 1 heterocycles. The van der Waals surface area contributed by atoms with Gasteiger partial charge in [-0.05, 0) is 11.5 Å². The molecule has 0 aliphatic heterocycles. The second-order valence-electron chi connectivity index (χ2n) is 8.08. The van der Waals surface area contributed by atoms with Gasteiger partial charge >= 0.3 is 0 Å². The maximum atomic E-state index is 5.08. The summed E-state index contributed by atoms with van der Waals surface area (Å²) in [6, 6.07) is 12.6. The van der Waals surface area contributed by atoms with Crippen molar-refractivity contribution in [3.8, 4) is 0 Å². The van der Waals surface area contributed by atoms with Gasteiger partial charge in [-0.25, -0.2) is 9.97 Å². The van der Waals surface area contributed by atoms with Crippen LogP contribution in [0.4, 0.5) is 0 Å². The molecule has 0 atom stereocenters. The Kier molecular flexibility index (Phi) is 3.24. The molecule has 2 heteroatoms. The van der Waals surface area contributed by atoms with Crippen LogP contribution >= 0.6 is 0 Å². The van der Waals surface area contributed by atoms with Crippen molar-refractivity contribution in [3.63, 3.8) is 0 Å². The van der Waals surface area contributed by atoms with Crippen LogP contribution < -0.4 is 0 Å². The first-order valence-electron chi connectivity index (χ1n) is 7.88. The summed E-state index contributed by atoms with van der Waals surface area (Å²) >= 11 is 0. The molecule has 0 fully saturated rings. The number of hydrogen-bond acceptors (Lipinski definition) is 2. The molecule has 3 rings (SSSR count). The number of benzene rings is 2. The van der Waals surface area contributed by atoms with E-state index in [4.69, 9.17) is 9.97 Å². The summed E-state index contributed by atoms with van der Waals surface area (Å²) in [4.78, 5) is 10.1. The highest BCUT2D eigenvalue weighted by atomic mass is 14.9. The molecule has 22 heavy (non-hydrogen) atoms. The normalized spacial score (nSPS) is 13.0. The summed E-state index contributed by atoms with van der Waals surface area (Å²) in [5.41, 5.74) is 4.15. The number of nitrogens with zero attached hydrogens (tertiary/aromatic N) is 2. The molecular weight excluding hydrogens is 268 g/mol. The first kappa shape index (κ1) is 15.0. The van der Waals surface area contributed by atoms with Crippen LogP contribution in [0.5, 0.6) is 0 Å². The van der Waals surface area contributed by atoms with Crippen LogP contribution in [0.2, 0.25) is 0 Å². The van der Waals surface area contributed by atoms with Gasteiger partial charge in [0.15, 0.2) is 0 Å². The van der Waals surface area contributed by atoms with E-state index in [0.29, 0.717) is 0 Å². The Morgan fingerprint density at radius 1 is 0.682 bits per heavy atom. The topological polar surface area (TPSA) is 25.8 Å². The lowest BCUT2D eigenvalue weighted by molar-refractivity contribution is 0.502. The first-order chi connectivity index (χ1) is 10.2. The zero-order chi connectivity index (χ0) is 16.1. The van der Waals surface area contributed by atoms with E-state index in [0.717, 1.165) is 22.4 Å². The molecule has 0 unspecified atom stereocenters. The van der Waals surface area contributed by atoms with Gasteiger partial charge in [0.2, 0.25) is 0 Å². The SMILES string of the molecule is CC(C)(C)c1nc2ccc3ccccc3c2nc1C(C)(C)C. The fourth-order valence-corrected chi connectivity index (χ4v) is 2.84. The van der Waals surface area contributed by atoms with Crippen molar-refractivity contribution < 1.29 is 0 Å². The van der Waals surface area contributed by atoms with Crippen LogP contribution in [-0.2, 0) is 10.8 Å². The van der Waals surface area contributed by atoms with Crippen LogP contribution in [0.25, 0.3) is 21.8 Å². The average Bonchev–Trinajstić information content (AvgIpc) is 2.44. The van der Waals surface area contributed by atoms with E-state index in [1.165, 1.54) is 10.8 Å². The summed E-state index contributed by atoms with van der Waals surface area (Å²) in [5.74, 6) is 0. The maximum absolute atomic E-state index is 5.08. The van der Waals surface area contributed by atoms with Crippen molar-refractivity contribution in [3.05, 3.63) is 47.8 Å². The van der Waals surface area contributed by atoms with E-state index in [2.05, 4.69) is 77.9 Å². The largest absolute Gasteiger partial charge is 0.249 e. The monoisotopic (exact) mass is 292 g/mol. The van der Waals surface area contributed by atoms with Gasteiger partial charge in [-0.3, -0.25) is 0 Å². The molecule has 1 aromatic heterocycles. The zero-order valence-electron chi connectivity index (χ0n) is 14.4. The molecule has 2 aromatic carbocycles. The number of aromatic nitrogens is 2. The summed E-state index contributed by atoms with van der Waals surface area (Å²) < 4.78 is 0. The molecule has 0 N–H and O–H groups in total. The lowest BCUT2D eigenvalue weighted by Crippen LogP contribution is -2.25. The molecule has 2 nitrogen and oxygen atoms in total. The second kappa shape index (κ2) is 4.77. The zero-order valence-corrected chi connectivity index (χ0v) is 14.4. The van der Waals surface area contributed by atoms with Crippen LogP contribution in [0.3, 0.4) is 0 Å². The van der Waals surface area contributed by atoms with Crippen LogP contribution in [0, 0.1) is 0 Å². The van der Waals surface area contributed by atoms with Crippen molar-refractivity contribution in [2.24, 2.45) is 0 Å². The average molecular weight is 292 g/mol. The van der Waals surface area contributed by atoms with E-state index < -0.39 is 0 Å². The quantitative estimate of drug-likeness (QED) is 0.520. The Hall–Kier alpha value is -1.96. The third kappa shape index (κ3) is 2.47. The van der Waals surface area contributed by atoms with Crippen molar-refractivity contribution in [2.75, 3.05) is 0 Å². The van der Waals surface area contributed by atoms with Crippen LogP contribution in [0.1, 0.15) is 52.9 Å². The molecule has 0 aliphatic carbocycles. The third-order valence-corrected chi connectivity index (χ3v) is 3.98. The standard InChI is InChI=1S/C20H24N2/c1-19(2,3)17-18(20(4,5)6)22-16-14-10-8-7-9-13(14)11-12-15(16)21-17/h7-12H,1-6H3. The predicted octanol–water partition coefficient (Wildman–Crippen LogP) is 5.38. The second-order valence-corrected chi connectivity index (χ2v) is 8.08. The van der Waals surface area contributed by atoms with E-state index >= 15 is 0 Å². The molecule has 0 saturated carbocycles. The number of hydrogen-bond donors (Lipinski definition) is 0. The maximum Gasteiger partial charge on any atom is 0.0968 e. The molecule has 0 saturated heterocycles. The summed E-state index contributed by atoms with van der Waals surface area (Å²) in [6.07, 6.45) is 0. The van der Waals surface area contributed by atoms with Gasteiger partial charge in [0.1, 0.15) is 0 Å².